The van der Waals surface area contributed by atoms with E-state index in [0.717, 1.165) is 28.1 Å². The molecule has 1 saturated carbocycles. The summed E-state index contributed by atoms with van der Waals surface area (Å²) >= 11 is 7.91. The number of ether oxygens (including phenoxy) is 1. The van der Waals surface area contributed by atoms with Crippen molar-refractivity contribution in [1.82, 2.24) is 14.8 Å². The number of aryl methyl sites for hydroxylation is 2. The SMILES string of the molecule is COc1ccc(-c2cc(C)nc(C)c2)cc1CN(C(=O)c1sc2cccc(F)c2c1Cl)C1CCC(N(CC(C)(C)C)C(=O)O)CC1. The Bertz CT molecular complexity index is 1740. The smallest absolute Gasteiger partial charge is 0.407 e. The van der Waals surface area contributed by atoms with Gasteiger partial charge in [-0.25, -0.2) is 9.18 Å². The van der Waals surface area contributed by atoms with E-state index >= 15 is 0 Å². The van der Waals surface area contributed by atoms with Gasteiger partial charge < -0.3 is 19.6 Å². The molecule has 0 spiro atoms. The number of halogens is 2. The standard InChI is InChI=1S/C36H41ClFN3O4S/c1-21-16-24(17-22(2)39-21)23-10-15-29(45-6)25(18-23)19-40(34(42)33-32(37)31-28(38)8-7-9-30(31)46-33)26-11-13-27(14-12-26)41(35(43)44)20-36(3,4)5/h7-10,15-18,26-27H,11-14,19-20H2,1-6H3,(H,43,44). The van der Waals surface area contributed by atoms with E-state index in [1.165, 1.54) is 17.4 Å². The van der Waals surface area contributed by atoms with E-state index in [1.54, 1.807) is 24.1 Å². The number of hydrogen-bond acceptors (Lipinski definition) is 5. The fraction of sp³-hybridized carbons (Fsp3) is 0.417. The summed E-state index contributed by atoms with van der Waals surface area (Å²) in [6.07, 6.45) is 1.56. The van der Waals surface area contributed by atoms with Crippen LogP contribution in [0.15, 0.2) is 48.5 Å². The molecule has 0 bridgehead atoms. The van der Waals surface area contributed by atoms with E-state index < -0.39 is 11.9 Å². The van der Waals surface area contributed by atoms with Crippen molar-refractivity contribution in [3.05, 3.63) is 81.2 Å². The molecule has 46 heavy (non-hydrogen) atoms. The number of carbonyl (C=O) groups excluding carboxylic acids is 1. The normalized spacial score (nSPS) is 16.8. The minimum Gasteiger partial charge on any atom is -0.496 e. The Kier molecular flexibility index (Phi) is 9.94. The van der Waals surface area contributed by atoms with Crippen LogP contribution in [0.4, 0.5) is 9.18 Å². The Morgan fingerprint density at radius 1 is 1.00 bits per heavy atom. The van der Waals surface area contributed by atoms with Gasteiger partial charge in [0.15, 0.2) is 0 Å². The molecule has 7 nitrogen and oxygen atoms in total. The maximum Gasteiger partial charge on any atom is 0.407 e. The van der Waals surface area contributed by atoms with Gasteiger partial charge in [-0.05, 0) is 92.5 Å². The van der Waals surface area contributed by atoms with Crippen LogP contribution in [0, 0.1) is 25.1 Å². The highest BCUT2D eigenvalue weighted by atomic mass is 35.5. The van der Waals surface area contributed by atoms with E-state index in [-0.39, 0.29) is 40.4 Å². The Morgan fingerprint density at radius 2 is 1.63 bits per heavy atom. The molecule has 2 aromatic heterocycles. The maximum absolute atomic E-state index is 14.8. The number of rotatable bonds is 8. The molecule has 0 atom stereocenters. The molecular formula is C36H41ClFN3O4S. The second-order valence-corrected chi connectivity index (χ2v) is 14.8. The highest BCUT2D eigenvalue weighted by Crippen LogP contribution is 2.40. The molecule has 2 aromatic carbocycles. The number of fused-ring (bicyclic) bond motifs is 1. The summed E-state index contributed by atoms with van der Waals surface area (Å²) in [6.45, 7) is 10.7. The quantitative estimate of drug-likeness (QED) is 0.203. The molecule has 0 radical (unpaired) electrons. The third-order valence-electron chi connectivity index (χ3n) is 8.54. The average molecular weight is 666 g/mol. The van der Waals surface area contributed by atoms with E-state index in [1.807, 2.05) is 69.9 Å². The van der Waals surface area contributed by atoms with Crippen molar-refractivity contribution in [3.8, 4) is 16.9 Å². The van der Waals surface area contributed by atoms with Crippen LogP contribution in [0.5, 0.6) is 5.75 Å². The molecule has 244 valence electrons. The molecule has 0 saturated heterocycles. The largest absolute Gasteiger partial charge is 0.496 e. The van der Waals surface area contributed by atoms with Crippen molar-refractivity contribution in [2.24, 2.45) is 5.41 Å². The monoisotopic (exact) mass is 665 g/mol. The van der Waals surface area contributed by atoms with Crippen LogP contribution < -0.4 is 4.74 Å². The number of nitrogens with zero attached hydrogens (tertiary/aromatic N) is 3. The third kappa shape index (κ3) is 7.31. The number of hydrogen-bond donors (Lipinski definition) is 1. The average Bonchev–Trinajstić information content (AvgIpc) is 3.34. The molecule has 10 heteroatoms. The first-order valence-corrected chi connectivity index (χ1v) is 16.7. The lowest BCUT2D eigenvalue weighted by atomic mass is 9.87. The van der Waals surface area contributed by atoms with Crippen molar-refractivity contribution < 1.29 is 23.8 Å². The molecule has 1 fully saturated rings. The number of amides is 2. The highest BCUT2D eigenvalue weighted by molar-refractivity contribution is 7.21. The first-order valence-electron chi connectivity index (χ1n) is 15.6. The van der Waals surface area contributed by atoms with E-state index in [9.17, 15) is 19.1 Å². The highest BCUT2D eigenvalue weighted by Gasteiger charge is 2.36. The lowest BCUT2D eigenvalue weighted by Crippen LogP contribution is -2.49. The maximum atomic E-state index is 14.8. The summed E-state index contributed by atoms with van der Waals surface area (Å²) in [5.74, 6) is -0.0925. The minimum atomic E-state index is -0.923. The number of carbonyl (C=O) groups is 2. The van der Waals surface area contributed by atoms with E-state index in [2.05, 4.69) is 4.98 Å². The van der Waals surface area contributed by atoms with Crippen LogP contribution in [0.1, 0.15) is 73.1 Å². The van der Waals surface area contributed by atoms with Gasteiger partial charge in [0.2, 0.25) is 0 Å². The van der Waals surface area contributed by atoms with Crippen LogP contribution in [-0.4, -0.2) is 57.6 Å². The van der Waals surface area contributed by atoms with E-state index in [4.69, 9.17) is 16.3 Å². The molecule has 5 rings (SSSR count). The zero-order valence-electron chi connectivity index (χ0n) is 27.2. The van der Waals surface area contributed by atoms with Crippen molar-refractivity contribution in [1.29, 1.82) is 0 Å². The van der Waals surface area contributed by atoms with Gasteiger partial charge >= 0.3 is 6.09 Å². The topological polar surface area (TPSA) is 83.0 Å². The number of methoxy groups -OCH3 is 1. The molecular weight excluding hydrogens is 625 g/mol. The zero-order valence-corrected chi connectivity index (χ0v) is 28.8. The van der Waals surface area contributed by atoms with Crippen LogP contribution in [0.3, 0.4) is 0 Å². The van der Waals surface area contributed by atoms with Gasteiger partial charge in [0.1, 0.15) is 16.4 Å². The van der Waals surface area contributed by atoms with Crippen molar-refractivity contribution in [3.63, 3.8) is 0 Å². The van der Waals surface area contributed by atoms with Crippen LogP contribution in [-0.2, 0) is 6.54 Å². The Labute approximate surface area is 279 Å². The predicted molar refractivity (Wildman–Crippen MR) is 183 cm³/mol. The van der Waals surface area contributed by atoms with Crippen LogP contribution in [0.2, 0.25) is 5.02 Å². The summed E-state index contributed by atoms with van der Waals surface area (Å²) < 4.78 is 21.2. The molecule has 0 unspecified atom stereocenters. The Hall–Kier alpha value is -3.69. The molecule has 1 aliphatic rings. The second kappa shape index (κ2) is 13.6. The Balaban J connectivity index is 1.52. The predicted octanol–water partition coefficient (Wildman–Crippen LogP) is 9.36. The lowest BCUT2D eigenvalue weighted by molar-refractivity contribution is 0.0492. The van der Waals surface area contributed by atoms with Crippen molar-refractivity contribution in [2.45, 2.75) is 78.9 Å². The molecule has 4 aromatic rings. The zero-order chi connectivity index (χ0) is 33.3. The number of aromatic nitrogens is 1. The summed E-state index contributed by atoms with van der Waals surface area (Å²) in [6, 6.07) is 14.4. The summed E-state index contributed by atoms with van der Waals surface area (Å²) in [7, 11) is 1.61. The van der Waals surface area contributed by atoms with Gasteiger partial charge in [-0.15, -0.1) is 11.3 Å². The van der Waals surface area contributed by atoms with Crippen LogP contribution >= 0.6 is 22.9 Å². The van der Waals surface area contributed by atoms with Gasteiger partial charge in [0, 0.05) is 52.2 Å². The lowest BCUT2D eigenvalue weighted by Gasteiger charge is -2.41. The number of carboxylic acid groups (broad SMARTS) is 1. The summed E-state index contributed by atoms with van der Waals surface area (Å²) in [5.41, 5.74) is 4.46. The van der Waals surface area contributed by atoms with Gasteiger partial charge in [-0.3, -0.25) is 9.78 Å². The van der Waals surface area contributed by atoms with E-state index in [0.29, 0.717) is 47.6 Å². The molecule has 1 aliphatic carbocycles. The van der Waals surface area contributed by atoms with Gasteiger partial charge in [0.25, 0.3) is 5.91 Å². The number of pyridine rings is 1. The molecule has 0 aliphatic heterocycles. The Morgan fingerprint density at radius 3 is 2.20 bits per heavy atom. The van der Waals surface area contributed by atoms with Gasteiger partial charge in [-0.1, -0.05) is 44.5 Å². The molecule has 2 heterocycles. The van der Waals surface area contributed by atoms with Gasteiger partial charge in [-0.2, -0.15) is 0 Å². The van der Waals surface area contributed by atoms with Crippen molar-refractivity contribution >= 4 is 45.0 Å². The second-order valence-electron chi connectivity index (χ2n) is 13.4. The number of benzene rings is 2. The number of thiophene rings is 1. The fourth-order valence-corrected chi connectivity index (χ4v) is 8.03. The summed E-state index contributed by atoms with van der Waals surface area (Å²) in [4.78, 5) is 34.9. The van der Waals surface area contributed by atoms with Gasteiger partial charge in [0.05, 0.1) is 12.1 Å². The minimum absolute atomic E-state index is 0.118. The van der Waals surface area contributed by atoms with Crippen molar-refractivity contribution in [2.75, 3.05) is 13.7 Å². The summed E-state index contributed by atoms with van der Waals surface area (Å²) in [5, 5.41) is 10.4. The molecule has 1 N–H and O–H groups in total. The third-order valence-corrected chi connectivity index (χ3v) is 10.2. The molecule has 2 amide bonds. The first kappa shape index (κ1) is 33.7. The van der Waals surface area contributed by atoms with Crippen LogP contribution in [0.25, 0.3) is 21.2 Å². The first-order chi connectivity index (χ1) is 21.8. The fourth-order valence-electron chi connectivity index (χ4n) is 6.52.